The van der Waals surface area contributed by atoms with Crippen LogP contribution in [0.5, 0.6) is 0 Å². The van der Waals surface area contributed by atoms with Gasteiger partial charge in [-0.2, -0.15) is 5.26 Å². The van der Waals surface area contributed by atoms with Gasteiger partial charge in [0.25, 0.3) is 0 Å². The third-order valence-corrected chi connectivity index (χ3v) is 4.58. The molecule has 3 aromatic carbocycles. The molecule has 3 heteroatoms. The van der Waals surface area contributed by atoms with Crippen LogP contribution in [0.4, 0.5) is 0 Å². The Hall–Kier alpha value is -3.28. The first-order valence-electron chi connectivity index (χ1n) is 8.21. The van der Waals surface area contributed by atoms with Crippen molar-refractivity contribution >= 4 is 34.0 Å². The predicted octanol–water partition coefficient (Wildman–Crippen LogP) is 6.82. The van der Waals surface area contributed by atoms with E-state index in [9.17, 15) is 5.26 Å². The molecular formula is C23H14ClNO. The molecule has 0 atom stereocenters. The minimum atomic E-state index is 0.557. The topological polar surface area (TPSA) is 36.9 Å². The number of halogens is 1. The standard InChI is InChI=1S/C23H14ClNO/c24-22-11-4-3-9-21(22)23-13-12-18(26-23)14-17(15-25)20-10-5-7-16-6-1-2-8-19(16)20/h1-14H/b17-14+. The molecule has 0 aliphatic carbocycles. The minimum absolute atomic E-state index is 0.557. The van der Waals surface area contributed by atoms with Crippen molar-refractivity contribution in [2.24, 2.45) is 0 Å². The molecule has 0 radical (unpaired) electrons. The van der Waals surface area contributed by atoms with Crippen molar-refractivity contribution in [3.63, 3.8) is 0 Å². The maximum atomic E-state index is 9.69. The summed E-state index contributed by atoms with van der Waals surface area (Å²) in [6.07, 6.45) is 1.77. The molecule has 0 saturated carbocycles. The normalized spacial score (nSPS) is 11.5. The van der Waals surface area contributed by atoms with Gasteiger partial charge in [0.1, 0.15) is 11.5 Å². The van der Waals surface area contributed by atoms with Gasteiger partial charge in [-0.15, -0.1) is 0 Å². The molecule has 4 rings (SSSR count). The van der Waals surface area contributed by atoms with Gasteiger partial charge in [0.2, 0.25) is 0 Å². The fourth-order valence-corrected chi connectivity index (χ4v) is 3.24. The van der Waals surface area contributed by atoms with Crippen molar-refractivity contribution in [1.82, 2.24) is 0 Å². The van der Waals surface area contributed by atoms with Gasteiger partial charge in [-0.1, -0.05) is 66.2 Å². The molecule has 0 spiro atoms. The monoisotopic (exact) mass is 355 g/mol. The number of hydrogen-bond acceptors (Lipinski definition) is 2. The second-order valence-corrected chi connectivity index (χ2v) is 6.29. The van der Waals surface area contributed by atoms with Crippen molar-refractivity contribution in [3.05, 3.63) is 95.2 Å². The summed E-state index contributed by atoms with van der Waals surface area (Å²) in [5.41, 5.74) is 2.28. The number of nitrogens with zero attached hydrogens (tertiary/aromatic N) is 1. The second-order valence-electron chi connectivity index (χ2n) is 5.88. The van der Waals surface area contributed by atoms with E-state index in [0.717, 1.165) is 21.9 Å². The van der Waals surface area contributed by atoms with Crippen molar-refractivity contribution in [2.75, 3.05) is 0 Å². The van der Waals surface area contributed by atoms with Gasteiger partial charge in [-0.25, -0.2) is 0 Å². The highest BCUT2D eigenvalue weighted by molar-refractivity contribution is 6.33. The highest BCUT2D eigenvalue weighted by Gasteiger charge is 2.10. The van der Waals surface area contributed by atoms with Crippen molar-refractivity contribution < 1.29 is 4.42 Å². The number of hydrogen-bond donors (Lipinski definition) is 0. The Kier molecular flexibility index (Phi) is 4.31. The fourth-order valence-electron chi connectivity index (χ4n) is 3.01. The van der Waals surface area contributed by atoms with E-state index in [1.165, 1.54) is 0 Å². The van der Waals surface area contributed by atoms with Crippen LogP contribution in [0.2, 0.25) is 5.02 Å². The summed E-state index contributed by atoms with van der Waals surface area (Å²) < 4.78 is 5.90. The lowest BCUT2D eigenvalue weighted by atomic mass is 9.98. The lowest BCUT2D eigenvalue weighted by Gasteiger charge is -2.05. The van der Waals surface area contributed by atoms with Crippen LogP contribution in [0.3, 0.4) is 0 Å². The third kappa shape index (κ3) is 3.01. The molecular weight excluding hydrogens is 342 g/mol. The molecule has 0 unspecified atom stereocenters. The lowest BCUT2D eigenvalue weighted by Crippen LogP contribution is -1.84. The van der Waals surface area contributed by atoms with Crippen LogP contribution in [-0.2, 0) is 0 Å². The Bertz CT molecular complexity index is 1160. The molecule has 0 aliphatic heterocycles. The van der Waals surface area contributed by atoms with Gasteiger partial charge >= 0.3 is 0 Å². The molecule has 0 aliphatic rings. The molecule has 0 saturated heterocycles. The third-order valence-electron chi connectivity index (χ3n) is 4.25. The number of fused-ring (bicyclic) bond motifs is 1. The molecule has 4 aromatic rings. The number of nitriles is 1. The average molecular weight is 356 g/mol. The zero-order valence-corrected chi connectivity index (χ0v) is 14.6. The van der Waals surface area contributed by atoms with Crippen LogP contribution < -0.4 is 0 Å². The van der Waals surface area contributed by atoms with Crippen LogP contribution in [0.15, 0.2) is 83.3 Å². The first-order valence-corrected chi connectivity index (χ1v) is 8.59. The van der Waals surface area contributed by atoms with Crippen molar-refractivity contribution in [2.45, 2.75) is 0 Å². The Morgan fingerprint density at radius 2 is 1.65 bits per heavy atom. The SMILES string of the molecule is N#C/C(=C\c1ccc(-c2ccccc2Cl)o1)c1cccc2ccccc12. The van der Waals surface area contributed by atoms with Gasteiger partial charge in [0.15, 0.2) is 0 Å². The lowest BCUT2D eigenvalue weighted by molar-refractivity contribution is 0.572. The summed E-state index contributed by atoms with van der Waals surface area (Å²) in [6.45, 7) is 0. The van der Waals surface area contributed by atoms with Crippen LogP contribution in [0.25, 0.3) is 33.7 Å². The summed E-state index contributed by atoms with van der Waals surface area (Å²) in [4.78, 5) is 0. The number of allylic oxidation sites excluding steroid dienone is 1. The summed E-state index contributed by atoms with van der Waals surface area (Å²) in [7, 11) is 0. The maximum Gasteiger partial charge on any atom is 0.136 e. The first kappa shape index (κ1) is 16.2. The van der Waals surface area contributed by atoms with Crippen LogP contribution in [0.1, 0.15) is 11.3 Å². The average Bonchev–Trinajstić information content (AvgIpc) is 3.14. The fraction of sp³-hybridized carbons (Fsp3) is 0. The van der Waals surface area contributed by atoms with Gasteiger partial charge in [-0.3, -0.25) is 0 Å². The van der Waals surface area contributed by atoms with E-state index in [2.05, 4.69) is 6.07 Å². The first-order chi connectivity index (χ1) is 12.8. The molecule has 1 heterocycles. The van der Waals surface area contributed by atoms with E-state index in [0.29, 0.717) is 22.1 Å². The maximum absolute atomic E-state index is 9.69. The van der Waals surface area contributed by atoms with Crippen molar-refractivity contribution in [1.29, 1.82) is 5.26 Å². The van der Waals surface area contributed by atoms with Gasteiger partial charge < -0.3 is 4.42 Å². The molecule has 0 fully saturated rings. The van der Waals surface area contributed by atoms with E-state index < -0.39 is 0 Å². The zero-order valence-electron chi connectivity index (χ0n) is 13.8. The van der Waals surface area contributed by atoms with E-state index in [4.69, 9.17) is 16.0 Å². The van der Waals surface area contributed by atoms with E-state index >= 15 is 0 Å². The van der Waals surface area contributed by atoms with E-state index in [-0.39, 0.29) is 0 Å². The highest BCUT2D eigenvalue weighted by atomic mass is 35.5. The Morgan fingerprint density at radius 3 is 2.50 bits per heavy atom. The molecule has 26 heavy (non-hydrogen) atoms. The molecule has 1 aromatic heterocycles. The highest BCUT2D eigenvalue weighted by Crippen LogP contribution is 2.31. The number of rotatable bonds is 3. The van der Waals surface area contributed by atoms with Crippen LogP contribution >= 0.6 is 11.6 Å². The number of furan rings is 1. The molecule has 0 N–H and O–H groups in total. The molecule has 124 valence electrons. The Labute approximate surface area is 156 Å². The van der Waals surface area contributed by atoms with Crippen LogP contribution in [-0.4, -0.2) is 0 Å². The predicted molar refractivity (Wildman–Crippen MR) is 107 cm³/mol. The van der Waals surface area contributed by atoms with Gasteiger partial charge in [0.05, 0.1) is 16.7 Å². The minimum Gasteiger partial charge on any atom is -0.457 e. The summed E-state index contributed by atoms with van der Waals surface area (Å²) in [5, 5.41) is 12.5. The Morgan fingerprint density at radius 1 is 0.885 bits per heavy atom. The molecule has 0 bridgehead atoms. The zero-order chi connectivity index (χ0) is 17.9. The molecule has 0 amide bonds. The second kappa shape index (κ2) is 6.92. The van der Waals surface area contributed by atoms with Crippen LogP contribution in [0, 0.1) is 11.3 Å². The quantitative estimate of drug-likeness (QED) is 0.378. The van der Waals surface area contributed by atoms with Crippen molar-refractivity contribution in [3.8, 4) is 17.4 Å². The van der Waals surface area contributed by atoms with Gasteiger partial charge in [0, 0.05) is 11.1 Å². The van der Waals surface area contributed by atoms with E-state index in [1.807, 2.05) is 78.9 Å². The summed E-state index contributed by atoms with van der Waals surface area (Å²) in [5.74, 6) is 1.29. The summed E-state index contributed by atoms with van der Waals surface area (Å²) >= 11 is 6.23. The van der Waals surface area contributed by atoms with Gasteiger partial charge in [-0.05, 0) is 41.1 Å². The Balaban J connectivity index is 1.78. The number of benzene rings is 3. The largest absolute Gasteiger partial charge is 0.457 e. The smallest absolute Gasteiger partial charge is 0.136 e. The van der Waals surface area contributed by atoms with E-state index in [1.54, 1.807) is 6.08 Å². The summed E-state index contributed by atoms with van der Waals surface area (Å²) in [6, 6.07) is 27.5. The molecule has 2 nitrogen and oxygen atoms in total.